The Kier molecular flexibility index (Phi) is 4.83. The molecule has 2 N–H and O–H groups in total. The molecule has 0 bridgehead atoms. The molecule has 2 aromatic rings. The van der Waals surface area contributed by atoms with Crippen molar-refractivity contribution in [1.29, 1.82) is 0 Å². The summed E-state index contributed by atoms with van der Waals surface area (Å²) in [6.07, 6.45) is 0. The van der Waals surface area contributed by atoms with Gasteiger partial charge in [0.25, 0.3) is 0 Å². The fourth-order valence-corrected chi connectivity index (χ4v) is 2.98. The van der Waals surface area contributed by atoms with Gasteiger partial charge in [-0.1, -0.05) is 30.3 Å². The van der Waals surface area contributed by atoms with Gasteiger partial charge in [-0.05, 0) is 30.7 Å². The lowest BCUT2D eigenvalue weighted by Crippen LogP contribution is -2.64. The Labute approximate surface area is 145 Å². The summed E-state index contributed by atoms with van der Waals surface area (Å²) < 4.78 is 26.6. The minimum atomic E-state index is -1.08. The predicted molar refractivity (Wildman–Crippen MR) is 89.6 cm³/mol. The summed E-state index contributed by atoms with van der Waals surface area (Å²) in [4.78, 5) is 14.1. The third-order valence-corrected chi connectivity index (χ3v) is 4.65. The summed E-state index contributed by atoms with van der Waals surface area (Å²) >= 11 is 0. The number of carbonyl (C=O) groups is 1. The summed E-state index contributed by atoms with van der Waals surface area (Å²) in [5.74, 6) is -0.945. The number of nitrogens with zero attached hydrogens (tertiary/aromatic N) is 1. The summed E-state index contributed by atoms with van der Waals surface area (Å²) in [5, 5.41) is 13.3. The molecule has 25 heavy (non-hydrogen) atoms. The van der Waals surface area contributed by atoms with Gasteiger partial charge in [0.15, 0.2) is 0 Å². The van der Waals surface area contributed by atoms with Crippen molar-refractivity contribution in [3.05, 3.63) is 71.3 Å². The van der Waals surface area contributed by atoms with Crippen LogP contribution in [0.15, 0.2) is 48.5 Å². The molecule has 4 nitrogen and oxygen atoms in total. The Hall–Kier alpha value is -2.31. The van der Waals surface area contributed by atoms with Crippen LogP contribution in [-0.2, 0) is 16.9 Å². The molecule has 1 atom stereocenters. The number of likely N-dealkylation sites (tertiary alicyclic amines) is 1. The number of hydrogen-bond donors (Lipinski definition) is 2. The maximum atomic E-state index is 13.6. The van der Waals surface area contributed by atoms with Crippen LogP contribution in [0.5, 0.6) is 0 Å². The lowest BCUT2D eigenvalue weighted by molar-refractivity contribution is -0.144. The van der Waals surface area contributed by atoms with Crippen LogP contribution in [0, 0.1) is 11.6 Å². The highest BCUT2D eigenvalue weighted by molar-refractivity contribution is 5.81. The highest BCUT2D eigenvalue weighted by atomic mass is 19.1. The molecular formula is C19H20F2N2O2. The van der Waals surface area contributed by atoms with Gasteiger partial charge in [-0.2, -0.15) is 0 Å². The number of aliphatic hydroxyl groups is 1. The van der Waals surface area contributed by atoms with E-state index in [1.54, 1.807) is 37.3 Å². The highest BCUT2D eigenvalue weighted by Crippen LogP contribution is 2.33. The maximum absolute atomic E-state index is 13.6. The van der Waals surface area contributed by atoms with Crippen molar-refractivity contribution in [1.82, 2.24) is 10.2 Å². The lowest BCUT2D eigenvalue weighted by atomic mass is 9.85. The normalized spacial score (nSPS) is 17.6. The zero-order valence-corrected chi connectivity index (χ0v) is 13.9. The smallest absolute Gasteiger partial charge is 0.237 e. The number of benzene rings is 2. The van der Waals surface area contributed by atoms with Crippen LogP contribution in [-0.4, -0.2) is 35.0 Å². The largest absolute Gasteiger partial charge is 0.382 e. The number of rotatable bonds is 5. The first kappa shape index (κ1) is 17.5. The third-order valence-electron chi connectivity index (χ3n) is 4.65. The molecule has 0 aromatic heterocycles. The zero-order chi connectivity index (χ0) is 18.0. The summed E-state index contributed by atoms with van der Waals surface area (Å²) in [6, 6.07) is 11.5. The second kappa shape index (κ2) is 6.90. The Morgan fingerprint density at radius 2 is 1.84 bits per heavy atom. The van der Waals surface area contributed by atoms with Crippen molar-refractivity contribution in [2.24, 2.45) is 0 Å². The quantitative estimate of drug-likeness (QED) is 0.872. The van der Waals surface area contributed by atoms with Crippen LogP contribution in [0.25, 0.3) is 0 Å². The molecule has 3 rings (SSSR count). The molecule has 1 heterocycles. The summed E-state index contributed by atoms with van der Waals surface area (Å²) in [5.41, 5.74) is -0.0214. The van der Waals surface area contributed by atoms with E-state index >= 15 is 0 Å². The van der Waals surface area contributed by atoms with Crippen LogP contribution in [0.4, 0.5) is 8.78 Å². The summed E-state index contributed by atoms with van der Waals surface area (Å²) in [7, 11) is 0. The lowest BCUT2D eigenvalue weighted by Gasteiger charge is -2.49. The van der Waals surface area contributed by atoms with E-state index in [0.29, 0.717) is 11.1 Å². The second-order valence-corrected chi connectivity index (χ2v) is 6.43. The molecule has 2 aromatic carbocycles. The zero-order valence-electron chi connectivity index (χ0n) is 13.9. The molecule has 6 heteroatoms. The first-order valence-electron chi connectivity index (χ1n) is 8.13. The number of halogens is 2. The SMILES string of the molecule is C[C@@H](C(=O)NCc1ccccc1F)N1CC(O)(c2ccc(F)cc2)C1. The van der Waals surface area contributed by atoms with Gasteiger partial charge in [0.1, 0.15) is 17.2 Å². The molecule has 1 aliphatic heterocycles. The van der Waals surface area contributed by atoms with Crippen molar-refractivity contribution in [2.75, 3.05) is 13.1 Å². The van der Waals surface area contributed by atoms with E-state index in [1.807, 2.05) is 4.90 Å². The van der Waals surface area contributed by atoms with Crippen molar-refractivity contribution < 1.29 is 18.7 Å². The van der Waals surface area contributed by atoms with E-state index in [-0.39, 0.29) is 37.2 Å². The molecule has 132 valence electrons. The Balaban J connectivity index is 1.54. The van der Waals surface area contributed by atoms with Crippen LogP contribution in [0.2, 0.25) is 0 Å². The van der Waals surface area contributed by atoms with E-state index in [2.05, 4.69) is 5.32 Å². The van der Waals surface area contributed by atoms with Gasteiger partial charge in [0, 0.05) is 25.2 Å². The highest BCUT2D eigenvalue weighted by Gasteiger charge is 2.45. The van der Waals surface area contributed by atoms with Crippen LogP contribution >= 0.6 is 0 Å². The van der Waals surface area contributed by atoms with Gasteiger partial charge >= 0.3 is 0 Å². The topological polar surface area (TPSA) is 52.6 Å². The molecule has 0 unspecified atom stereocenters. The Morgan fingerprint density at radius 3 is 2.48 bits per heavy atom. The molecule has 1 fully saturated rings. The van der Waals surface area contributed by atoms with Crippen molar-refractivity contribution in [3.8, 4) is 0 Å². The molecular weight excluding hydrogens is 326 g/mol. The van der Waals surface area contributed by atoms with E-state index in [4.69, 9.17) is 0 Å². The number of β-amino-alcohol motifs (C(OH)–C–C–N with tert-alkyl or cyclic N) is 1. The summed E-state index contributed by atoms with van der Waals surface area (Å²) in [6.45, 7) is 2.42. The Morgan fingerprint density at radius 1 is 1.20 bits per heavy atom. The maximum Gasteiger partial charge on any atom is 0.237 e. The molecule has 0 aliphatic carbocycles. The van der Waals surface area contributed by atoms with Gasteiger partial charge in [-0.3, -0.25) is 9.69 Å². The Bertz CT molecular complexity index is 758. The molecule has 0 spiro atoms. The minimum absolute atomic E-state index is 0.117. The fraction of sp³-hybridized carbons (Fsp3) is 0.316. The number of nitrogens with one attached hydrogen (secondary N) is 1. The van der Waals surface area contributed by atoms with Gasteiger partial charge < -0.3 is 10.4 Å². The number of amides is 1. The van der Waals surface area contributed by atoms with E-state index < -0.39 is 11.6 Å². The standard InChI is InChI=1S/C19H20F2N2O2/c1-13(18(24)22-10-14-4-2-3-5-17(14)21)23-11-19(25,12-23)15-6-8-16(20)9-7-15/h2-9,13,25H,10-12H2,1H3,(H,22,24)/t13-/m0/s1. The first-order valence-corrected chi connectivity index (χ1v) is 8.13. The third kappa shape index (κ3) is 3.70. The fourth-order valence-electron chi connectivity index (χ4n) is 2.98. The van der Waals surface area contributed by atoms with Crippen LogP contribution < -0.4 is 5.32 Å². The molecule has 1 amide bonds. The average Bonchev–Trinajstić information content (AvgIpc) is 2.58. The van der Waals surface area contributed by atoms with Gasteiger partial charge in [0.2, 0.25) is 5.91 Å². The predicted octanol–water partition coefficient (Wildman–Crippen LogP) is 2.17. The second-order valence-electron chi connectivity index (χ2n) is 6.43. The van der Waals surface area contributed by atoms with Crippen molar-refractivity contribution >= 4 is 5.91 Å². The van der Waals surface area contributed by atoms with Crippen LogP contribution in [0.1, 0.15) is 18.1 Å². The molecule has 1 aliphatic rings. The molecule has 0 radical (unpaired) electrons. The van der Waals surface area contributed by atoms with Gasteiger partial charge in [-0.25, -0.2) is 8.78 Å². The van der Waals surface area contributed by atoms with Crippen LogP contribution in [0.3, 0.4) is 0 Å². The molecule has 0 saturated carbocycles. The van der Waals surface area contributed by atoms with Crippen molar-refractivity contribution in [3.63, 3.8) is 0 Å². The van der Waals surface area contributed by atoms with Gasteiger partial charge in [0.05, 0.1) is 6.04 Å². The van der Waals surface area contributed by atoms with E-state index in [1.165, 1.54) is 18.2 Å². The first-order chi connectivity index (χ1) is 11.9. The minimum Gasteiger partial charge on any atom is -0.382 e. The molecule has 1 saturated heterocycles. The van der Waals surface area contributed by atoms with Gasteiger partial charge in [-0.15, -0.1) is 0 Å². The van der Waals surface area contributed by atoms with E-state index in [9.17, 15) is 18.7 Å². The monoisotopic (exact) mass is 346 g/mol. The number of carbonyl (C=O) groups excluding carboxylic acids is 1. The van der Waals surface area contributed by atoms with Crippen molar-refractivity contribution in [2.45, 2.75) is 25.1 Å². The number of hydrogen-bond acceptors (Lipinski definition) is 3. The van der Waals surface area contributed by atoms with E-state index in [0.717, 1.165) is 0 Å². The average molecular weight is 346 g/mol.